The molecule has 0 bridgehead atoms. The van der Waals surface area contributed by atoms with Crippen molar-refractivity contribution in [3.63, 3.8) is 0 Å². The van der Waals surface area contributed by atoms with E-state index in [0.717, 1.165) is 18.4 Å². The molecule has 1 saturated carbocycles. The minimum absolute atomic E-state index is 0.296. The Hall–Kier alpha value is -1.57. The van der Waals surface area contributed by atoms with Crippen LogP contribution < -0.4 is 0 Å². The Labute approximate surface area is 115 Å². The smallest absolute Gasteiger partial charge is 0.333 e. The predicted molar refractivity (Wildman–Crippen MR) is 76.8 cm³/mol. The van der Waals surface area contributed by atoms with E-state index in [-0.39, 0.29) is 5.97 Å². The third-order valence-corrected chi connectivity index (χ3v) is 4.16. The standard InChI is InChI=1S/C17H22O2/c1-12(2)16(18)19-17(4,14-6-5-7-14)15-10-8-13(3)9-11-15/h8-11,14H,1,5-7H2,2-4H3. The van der Waals surface area contributed by atoms with Gasteiger partial charge in [-0.05, 0) is 39.2 Å². The first-order valence-electron chi connectivity index (χ1n) is 6.89. The van der Waals surface area contributed by atoms with Crippen molar-refractivity contribution in [3.8, 4) is 0 Å². The summed E-state index contributed by atoms with van der Waals surface area (Å²) >= 11 is 0. The maximum absolute atomic E-state index is 11.9. The van der Waals surface area contributed by atoms with E-state index in [4.69, 9.17) is 4.74 Å². The maximum atomic E-state index is 11.9. The Morgan fingerprint density at radius 1 is 1.32 bits per heavy atom. The number of carbonyl (C=O) groups is 1. The Bertz CT molecular complexity index is 482. The third kappa shape index (κ3) is 2.73. The van der Waals surface area contributed by atoms with Gasteiger partial charge in [-0.25, -0.2) is 4.79 Å². The zero-order valence-electron chi connectivity index (χ0n) is 12.0. The lowest BCUT2D eigenvalue weighted by Gasteiger charge is -2.42. The fourth-order valence-corrected chi connectivity index (χ4v) is 2.50. The topological polar surface area (TPSA) is 26.3 Å². The normalized spacial score (nSPS) is 18.3. The molecular formula is C17H22O2. The number of aryl methyl sites for hydroxylation is 1. The third-order valence-electron chi connectivity index (χ3n) is 4.16. The molecule has 1 unspecified atom stereocenters. The van der Waals surface area contributed by atoms with E-state index in [2.05, 4.69) is 37.8 Å². The highest BCUT2D eigenvalue weighted by molar-refractivity contribution is 5.87. The fraction of sp³-hybridized carbons (Fsp3) is 0.471. The molecule has 0 amide bonds. The number of hydrogen-bond acceptors (Lipinski definition) is 2. The second-order valence-corrected chi connectivity index (χ2v) is 5.77. The van der Waals surface area contributed by atoms with Crippen LogP contribution in [0.3, 0.4) is 0 Å². The van der Waals surface area contributed by atoms with Crippen LogP contribution in [0.4, 0.5) is 0 Å². The van der Waals surface area contributed by atoms with Gasteiger partial charge in [0.25, 0.3) is 0 Å². The van der Waals surface area contributed by atoms with Crippen molar-refractivity contribution in [3.05, 3.63) is 47.5 Å². The Kier molecular flexibility index (Phi) is 3.79. The lowest BCUT2D eigenvalue weighted by Crippen LogP contribution is -2.40. The van der Waals surface area contributed by atoms with Gasteiger partial charge in [-0.1, -0.05) is 42.8 Å². The van der Waals surface area contributed by atoms with Crippen molar-refractivity contribution in [1.82, 2.24) is 0 Å². The second-order valence-electron chi connectivity index (χ2n) is 5.77. The van der Waals surface area contributed by atoms with Gasteiger partial charge in [-0.15, -0.1) is 0 Å². The Morgan fingerprint density at radius 2 is 1.89 bits per heavy atom. The van der Waals surface area contributed by atoms with Crippen LogP contribution in [-0.2, 0) is 15.1 Å². The number of hydrogen-bond donors (Lipinski definition) is 0. The highest BCUT2D eigenvalue weighted by Crippen LogP contribution is 2.45. The summed E-state index contributed by atoms with van der Waals surface area (Å²) in [6.07, 6.45) is 3.46. The Balaban J connectivity index is 2.31. The van der Waals surface area contributed by atoms with Crippen LogP contribution in [0, 0.1) is 12.8 Å². The Morgan fingerprint density at radius 3 is 2.32 bits per heavy atom. The molecule has 0 N–H and O–H groups in total. The number of carbonyl (C=O) groups excluding carboxylic acids is 1. The summed E-state index contributed by atoms with van der Waals surface area (Å²) in [6.45, 7) is 9.46. The summed E-state index contributed by atoms with van der Waals surface area (Å²) in [6, 6.07) is 8.28. The molecule has 1 aliphatic rings. The van der Waals surface area contributed by atoms with Gasteiger partial charge in [0.05, 0.1) is 0 Å². The maximum Gasteiger partial charge on any atom is 0.333 e. The van der Waals surface area contributed by atoms with E-state index >= 15 is 0 Å². The molecule has 1 aromatic carbocycles. The van der Waals surface area contributed by atoms with Crippen molar-refractivity contribution >= 4 is 5.97 Å². The van der Waals surface area contributed by atoms with Crippen LogP contribution in [0.1, 0.15) is 44.2 Å². The van der Waals surface area contributed by atoms with Gasteiger partial charge in [-0.2, -0.15) is 0 Å². The molecule has 2 nitrogen and oxygen atoms in total. The predicted octanol–water partition coefficient (Wildman–Crippen LogP) is 4.13. The minimum atomic E-state index is -0.526. The van der Waals surface area contributed by atoms with Crippen LogP contribution in [-0.4, -0.2) is 5.97 Å². The second kappa shape index (κ2) is 5.20. The molecule has 1 fully saturated rings. The number of esters is 1. The van der Waals surface area contributed by atoms with E-state index in [1.165, 1.54) is 12.0 Å². The SMILES string of the molecule is C=C(C)C(=O)OC(C)(c1ccc(C)cc1)C1CCC1. The van der Waals surface area contributed by atoms with Gasteiger partial charge in [0.2, 0.25) is 0 Å². The lowest BCUT2D eigenvalue weighted by atomic mass is 9.70. The summed E-state index contributed by atoms with van der Waals surface area (Å²) in [7, 11) is 0. The molecule has 19 heavy (non-hydrogen) atoms. The number of rotatable bonds is 4. The van der Waals surface area contributed by atoms with Gasteiger partial charge >= 0.3 is 5.97 Å². The molecule has 0 radical (unpaired) electrons. The number of ether oxygens (including phenoxy) is 1. The van der Waals surface area contributed by atoms with Crippen molar-refractivity contribution < 1.29 is 9.53 Å². The minimum Gasteiger partial charge on any atom is -0.451 e. The molecule has 1 aliphatic carbocycles. The van der Waals surface area contributed by atoms with E-state index in [0.29, 0.717) is 11.5 Å². The van der Waals surface area contributed by atoms with E-state index in [9.17, 15) is 4.79 Å². The van der Waals surface area contributed by atoms with Gasteiger partial charge in [0.1, 0.15) is 5.60 Å². The van der Waals surface area contributed by atoms with Crippen LogP contribution in [0.5, 0.6) is 0 Å². The lowest BCUT2D eigenvalue weighted by molar-refractivity contribution is -0.165. The molecule has 2 heteroatoms. The summed E-state index contributed by atoms with van der Waals surface area (Å²) < 4.78 is 5.79. The van der Waals surface area contributed by atoms with Crippen LogP contribution in [0.15, 0.2) is 36.4 Å². The average molecular weight is 258 g/mol. The average Bonchev–Trinajstić information content (AvgIpc) is 2.26. The highest BCUT2D eigenvalue weighted by atomic mass is 16.6. The van der Waals surface area contributed by atoms with Crippen molar-refractivity contribution in [2.45, 2.75) is 45.6 Å². The molecule has 0 heterocycles. The van der Waals surface area contributed by atoms with Crippen LogP contribution in [0.25, 0.3) is 0 Å². The molecule has 1 aromatic rings. The number of benzene rings is 1. The summed E-state index contributed by atoms with van der Waals surface area (Å²) in [5.41, 5.74) is 2.23. The first kappa shape index (κ1) is 13.9. The monoisotopic (exact) mass is 258 g/mol. The molecule has 102 valence electrons. The molecule has 1 atom stereocenters. The van der Waals surface area contributed by atoms with Crippen molar-refractivity contribution in [2.24, 2.45) is 5.92 Å². The summed E-state index contributed by atoms with van der Waals surface area (Å²) in [4.78, 5) is 11.9. The highest BCUT2D eigenvalue weighted by Gasteiger charge is 2.42. The molecule has 2 rings (SSSR count). The molecule has 0 aliphatic heterocycles. The van der Waals surface area contributed by atoms with Gasteiger partial charge in [0.15, 0.2) is 0 Å². The molecule has 0 saturated heterocycles. The molecule has 0 spiro atoms. The van der Waals surface area contributed by atoms with Gasteiger partial charge in [0, 0.05) is 11.5 Å². The first-order chi connectivity index (χ1) is 8.93. The molecule has 0 aromatic heterocycles. The van der Waals surface area contributed by atoms with E-state index in [1.54, 1.807) is 6.92 Å². The van der Waals surface area contributed by atoms with Gasteiger partial charge in [-0.3, -0.25) is 0 Å². The molecular weight excluding hydrogens is 236 g/mol. The van der Waals surface area contributed by atoms with Crippen molar-refractivity contribution in [1.29, 1.82) is 0 Å². The van der Waals surface area contributed by atoms with E-state index < -0.39 is 5.60 Å². The first-order valence-corrected chi connectivity index (χ1v) is 6.89. The quantitative estimate of drug-likeness (QED) is 0.599. The van der Waals surface area contributed by atoms with Crippen molar-refractivity contribution in [2.75, 3.05) is 0 Å². The largest absolute Gasteiger partial charge is 0.451 e. The zero-order chi connectivity index (χ0) is 14.0. The fourth-order valence-electron chi connectivity index (χ4n) is 2.50. The summed E-state index contributed by atoms with van der Waals surface area (Å²) in [5, 5.41) is 0. The van der Waals surface area contributed by atoms with Crippen LogP contribution in [0.2, 0.25) is 0 Å². The van der Waals surface area contributed by atoms with Gasteiger partial charge < -0.3 is 4.74 Å². The van der Waals surface area contributed by atoms with E-state index in [1.807, 2.05) is 6.92 Å². The summed E-state index contributed by atoms with van der Waals surface area (Å²) in [5.74, 6) is 0.119. The zero-order valence-corrected chi connectivity index (χ0v) is 12.0. The van der Waals surface area contributed by atoms with Crippen LogP contribution >= 0.6 is 0 Å².